The predicted octanol–water partition coefficient (Wildman–Crippen LogP) is 1.91. The quantitative estimate of drug-likeness (QED) is 0.537. The van der Waals surface area contributed by atoms with E-state index in [1.165, 1.54) is 0 Å². The molecule has 5 rings (SSSR count). The van der Waals surface area contributed by atoms with Gasteiger partial charge in [0, 0.05) is 49.5 Å². The summed E-state index contributed by atoms with van der Waals surface area (Å²) in [4.78, 5) is 28.3. The lowest BCUT2D eigenvalue weighted by atomic mass is 10.2. The summed E-state index contributed by atoms with van der Waals surface area (Å²) < 4.78 is 7.00. The molecule has 4 aromatic heterocycles. The highest BCUT2D eigenvalue weighted by atomic mass is 16.5. The standard InChI is InChI=1S/C21H20N8O2/c1-28-13-18(26-27-28)16-3-2-15-12-23-19(11-17(15)24-16)25-21(30)14-4-5-22-20(10-14)29-6-8-31-9-7-29/h2-5,10-13H,6-9H2,1H3,(H,23,25,30). The highest BCUT2D eigenvalue weighted by molar-refractivity contribution is 6.04. The summed E-state index contributed by atoms with van der Waals surface area (Å²) in [7, 11) is 1.80. The van der Waals surface area contributed by atoms with Gasteiger partial charge in [0.15, 0.2) is 0 Å². The Morgan fingerprint density at radius 2 is 1.97 bits per heavy atom. The van der Waals surface area contributed by atoms with Crippen molar-refractivity contribution < 1.29 is 9.53 Å². The molecule has 0 saturated carbocycles. The van der Waals surface area contributed by atoms with E-state index in [2.05, 4.69) is 35.5 Å². The molecule has 0 unspecified atom stereocenters. The minimum atomic E-state index is -0.256. The lowest BCUT2D eigenvalue weighted by Crippen LogP contribution is -2.36. The van der Waals surface area contributed by atoms with Crippen LogP contribution in [0.2, 0.25) is 0 Å². The number of nitrogens with one attached hydrogen (secondary N) is 1. The van der Waals surface area contributed by atoms with Crippen LogP contribution in [0, 0.1) is 0 Å². The molecule has 10 heteroatoms. The number of fused-ring (bicyclic) bond motifs is 1. The number of aromatic nitrogens is 6. The smallest absolute Gasteiger partial charge is 0.257 e. The van der Waals surface area contributed by atoms with Crippen LogP contribution in [0.15, 0.2) is 48.9 Å². The van der Waals surface area contributed by atoms with Gasteiger partial charge >= 0.3 is 0 Å². The van der Waals surface area contributed by atoms with Crippen LogP contribution >= 0.6 is 0 Å². The molecular formula is C21H20N8O2. The number of rotatable bonds is 4. The molecule has 1 aliphatic rings. The second-order valence-electron chi connectivity index (χ2n) is 7.19. The molecule has 1 fully saturated rings. The van der Waals surface area contributed by atoms with E-state index >= 15 is 0 Å². The van der Waals surface area contributed by atoms with Crippen molar-refractivity contribution in [2.45, 2.75) is 0 Å². The number of carbonyl (C=O) groups is 1. The lowest BCUT2D eigenvalue weighted by molar-refractivity contribution is 0.102. The zero-order valence-electron chi connectivity index (χ0n) is 16.9. The highest BCUT2D eigenvalue weighted by Gasteiger charge is 2.15. The number of aryl methyl sites for hydroxylation is 1. The van der Waals surface area contributed by atoms with Crippen LogP contribution in [0.25, 0.3) is 22.3 Å². The Hall–Kier alpha value is -3.92. The van der Waals surface area contributed by atoms with Gasteiger partial charge in [-0.3, -0.25) is 9.48 Å². The maximum absolute atomic E-state index is 12.8. The van der Waals surface area contributed by atoms with E-state index in [9.17, 15) is 4.79 Å². The number of carbonyl (C=O) groups excluding carboxylic acids is 1. The van der Waals surface area contributed by atoms with E-state index in [1.54, 1.807) is 48.5 Å². The summed E-state index contributed by atoms with van der Waals surface area (Å²) in [6.07, 6.45) is 5.12. The van der Waals surface area contributed by atoms with Crippen LogP contribution < -0.4 is 10.2 Å². The van der Waals surface area contributed by atoms with Crippen LogP contribution in [0.3, 0.4) is 0 Å². The minimum Gasteiger partial charge on any atom is -0.378 e. The number of anilines is 2. The van der Waals surface area contributed by atoms with Crippen molar-refractivity contribution >= 4 is 28.4 Å². The minimum absolute atomic E-state index is 0.256. The van der Waals surface area contributed by atoms with E-state index in [4.69, 9.17) is 4.74 Å². The van der Waals surface area contributed by atoms with Crippen molar-refractivity contribution in [3.63, 3.8) is 0 Å². The number of nitrogens with zero attached hydrogens (tertiary/aromatic N) is 7. The highest BCUT2D eigenvalue weighted by Crippen LogP contribution is 2.21. The molecule has 0 aliphatic carbocycles. The van der Waals surface area contributed by atoms with E-state index in [0.29, 0.717) is 41.5 Å². The first-order chi connectivity index (χ1) is 15.2. The molecule has 1 saturated heterocycles. The van der Waals surface area contributed by atoms with Gasteiger partial charge in [-0.2, -0.15) is 0 Å². The van der Waals surface area contributed by atoms with Crippen molar-refractivity contribution in [2.75, 3.05) is 36.5 Å². The molecule has 5 heterocycles. The van der Waals surface area contributed by atoms with Crippen LogP contribution in [0.5, 0.6) is 0 Å². The van der Waals surface area contributed by atoms with E-state index < -0.39 is 0 Å². The predicted molar refractivity (Wildman–Crippen MR) is 115 cm³/mol. The number of pyridine rings is 3. The third kappa shape index (κ3) is 4.05. The fourth-order valence-corrected chi connectivity index (χ4v) is 3.41. The first-order valence-corrected chi connectivity index (χ1v) is 9.89. The Kier molecular flexibility index (Phi) is 4.97. The molecule has 156 valence electrons. The first-order valence-electron chi connectivity index (χ1n) is 9.89. The van der Waals surface area contributed by atoms with Gasteiger partial charge < -0.3 is 15.0 Å². The second-order valence-corrected chi connectivity index (χ2v) is 7.19. The van der Waals surface area contributed by atoms with Crippen LogP contribution in [0.4, 0.5) is 11.6 Å². The molecule has 1 amide bonds. The summed E-state index contributed by atoms with van der Waals surface area (Å²) >= 11 is 0. The third-order valence-corrected chi connectivity index (χ3v) is 5.02. The fraction of sp³-hybridized carbons (Fsp3) is 0.238. The molecule has 1 aliphatic heterocycles. The van der Waals surface area contributed by atoms with Crippen LogP contribution in [0.1, 0.15) is 10.4 Å². The van der Waals surface area contributed by atoms with Crippen molar-refractivity contribution in [1.82, 2.24) is 29.9 Å². The van der Waals surface area contributed by atoms with Gasteiger partial charge in [-0.15, -0.1) is 5.10 Å². The average molecular weight is 416 g/mol. The topological polar surface area (TPSA) is 111 Å². The van der Waals surface area contributed by atoms with Crippen molar-refractivity contribution in [2.24, 2.45) is 7.05 Å². The number of hydrogen-bond donors (Lipinski definition) is 1. The van der Waals surface area contributed by atoms with E-state index in [0.717, 1.165) is 24.3 Å². The second kappa shape index (κ2) is 8.07. The molecule has 10 nitrogen and oxygen atoms in total. The summed E-state index contributed by atoms with van der Waals surface area (Å²) in [5.74, 6) is 0.928. The Labute approximate surface area is 177 Å². The largest absolute Gasteiger partial charge is 0.378 e. The molecule has 0 spiro atoms. The molecule has 0 atom stereocenters. The SMILES string of the molecule is Cn1cc(-c2ccc3cnc(NC(=O)c4ccnc(N5CCOCC5)c4)cc3n2)nn1. The summed E-state index contributed by atoms with van der Waals surface area (Å²) in [6, 6.07) is 9.01. The van der Waals surface area contributed by atoms with E-state index in [-0.39, 0.29) is 5.91 Å². The number of morpholine rings is 1. The summed E-state index contributed by atoms with van der Waals surface area (Å²) in [5, 5.41) is 11.8. The van der Waals surface area contributed by atoms with Gasteiger partial charge in [-0.1, -0.05) is 5.21 Å². The maximum atomic E-state index is 12.8. The molecule has 0 bridgehead atoms. The fourth-order valence-electron chi connectivity index (χ4n) is 3.41. The van der Waals surface area contributed by atoms with Crippen LogP contribution in [-0.4, -0.2) is 62.2 Å². The number of hydrogen-bond acceptors (Lipinski definition) is 8. The molecule has 0 aromatic carbocycles. The Balaban J connectivity index is 1.37. The first kappa shape index (κ1) is 19.1. The molecule has 31 heavy (non-hydrogen) atoms. The zero-order chi connectivity index (χ0) is 21.2. The van der Waals surface area contributed by atoms with E-state index in [1.807, 2.05) is 12.1 Å². The average Bonchev–Trinajstić information content (AvgIpc) is 3.25. The molecule has 4 aromatic rings. The van der Waals surface area contributed by atoms with Crippen molar-refractivity contribution in [1.29, 1.82) is 0 Å². The Morgan fingerprint density at radius 3 is 2.77 bits per heavy atom. The van der Waals surface area contributed by atoms with Gasteiger partial charge in [0.05, 0.1) is 30.6 Å². The normalized spacial score (nSPS) is 14.0. The zero-order valence-corrected chi connectivity index (χ0v) is 16.9. The third-order valence-electron chi connectivity index (χ3n) is 5.02. The van der Waals surface area contributed by atoms with Gasteiger partial charge in [-0.25, -0.2) is 15.0 Å². The van der Waals surface area contributed by atoms with Crippen LogP contribution in [-0.2, 0) is 11.8 Å². The van der Waals surface area contributed by atoms with Crippen molar-refractivity contribution in [3.8, 4) is 11.4 Å². The molecule has 1 N–H and O–H groups in total. The summed E-state index contributed by atoms with van der Waals surface area (Å²) in [5.41, 5.74) is 2.60. The molecular weight excluding hydrogens is 396 g/mol. The number of amides is 1. The monoisotopic (exact) mass is 416 g/mol. The van der Waals surface area contributed by atoms with Gasteiger partial charge in [0.25, 0.3) is 5.91 Å². The van der Waals surface area contributed by atoms with Gasteiger partial charge in [0.1, 0.15) is 17.3 Å². The summed E-state index contributed by atoms with van der Waals surface area (Å²) in [6.45, 7) is 2.82. The van der Waals surface area contributed by atoms with Crippen molar-refractivity contribution in [3.05, 3.63) is 54.5 Å². The van der Waals surface area contributed by atoms with Gasteiger partial charge in [0.2, 0.25) is 0 Å². The Bertz CT molecular complexity index is 1250. The Morgan fingerprint density at radius 1 is 1.10 bits per heavy atom. The molecule has 0 radical (unpaired) electrons. The lowest BCUT2D eigenvalue weighted by Gasteiger charge is -2.27. The van der Waals surface area contributed by atoms with Gasteiger partial charge in [-0.05, 0) is 24.3 Å². The maximum Gasteiger partial charge on any atom is 0.257 e. The number of ether oxygens (including phenoxy) is 1.